The van der Waals surface area contributed by atoms with Crippen molar-refractivity contribution in [2.75, 3.05) is 25.5 Å². The maximum atomic E-state index is 13.3. The molecule has 0 spiro atoms. The normalized spacial score (nSPS) is 14.6. The van der Waals surface area contributed by atoms with Crippen LogP contribution in [-0.4, -0.2) is 41.3 Å². The number of piperidine rings is 1. The van der Waals surface area contributed by atoms with Crippen molar-refractivity contribution in [3.8, 4) is 17.1 Å². The summed E-state index contributed by atoms with van der Waals surface area (Å²) < 4.78 is 24.0. The number of benzene rings is 2. The molecule has 2 aromatic carbocycles. The lowest BCUT2D eigenvalue weighted by atomic mass is 9.97. The highest BCUT2D eigenvalue weighted by Crippen LogP contribution is 2.30. The molecule has 1 N–H and O–H groups in total. The fourth-order valence-corrected chi connectivity index (χ4v) is 3.57. The smallest absolute Gasteiger partial charge is 0.321 e. The number of nitrogens with zero attached hydrogens (tertiary/aromatic N) is 3. The van der Waals surface area contributed by atoms with E-state index in [2.05, 4.69) is 15.5 Å². The quantitative estimate of drug-likeness (QED) is 0.633. The molecule has 0 unspecified atom stereocenters. The Kier molecular flexibility index (Phi) is 5.85. The fourth-order valence-electron chi connectivity index (χ4n) is 3.39. The lowest BCUT2D eigenvalue weighted by Crippen LogP contribution is -2.40. The molecule has 1 aromatic heterocycles. The van der Waals surface area contributed by atoms with Crippen LogP contribution in [0.3, 0.4) is 0 Å². The van der Waals surface area contributed by atoms with Gasteiger partial charge in [-0.2, -0.15) is 4.98 Å². The molecule has 0 radical (unpaired) electrons. The second-order valence-corrected chi connectivity index (χ2v) is 7.42. The number of hydrogen-bond donors (Lipinski definition) is 1. The predicted octanol–water partition coefficient (Wildman–Crippen LogP) is 4.95. The summed E-state index contributed by atoms with van der Waals surface area (Å²) in [5.41, 5.74) is 1.27. The number of hydrogen-bond acceptors (Lipinski definition) is 5. The molecule has 4 rings (SSSR count). The van der Waals surface area contributed by atoms with Crippen LogP contribution in [0.2, 0.25) is 5.02 Å². The highest BCUT2D eigenvalue weighted by Gasteiger charge is 2.28. The molecule has 1 fully saturated rings. The van der Waals surface area contributed by atoms with Crippen LogP contribution in [0.1, 0.15) is 24.7 Å². The SMILES string of the molecule is COc1cccc(-c2noc(C3CCN(C(=O)Nc4ccc(F)c(Cl)c4)CC3)n2)c1. The number of aromatic nitrogens is 2. The number of carbonyl (C=O) groups excluding carboxylic acids is 1. The zero-order chi connectivity index (χ0) is 21.1. The minimum Gasteiger partial charge on any atom is -0.497 e. The van der Waals surface area contributed by atoms with Gasteiger partial charge in [-0.1, -0.05) is 28.9 Å². The molecule has 0 bridgehead atoms. The topological polar surface area (TPSA) is 80.5 Å². The van der Waals surface area contributed by atoms with Gasteiger partial charge in [0.25, 0.3) is 0 Å². The van der Waals surface area contributed by atoms with E-state index in [0.717, 1.165) is 11.3 Å². The lowest BCUT2D eigenvalue weighted by Gasteiger charge is -2.30. The molecule has 7 nitrogen and oxygen atoms in total. The first-order valence-corrected chi connectivity index (χ1v) is 9.90. The molecule has 156 valence electrons. The standard InChI is InChI=1S/C21H20ClFN4O3/c1-29-16-4-2-3-14(11-16)19-25-20(30-26-19)13-7-9-27(10-8-13)21(28)24-15-5-6-18(23)17(22)12-15/h2-6,11-13H,7-10H2,1H3,(H,24,28). The van der Waals surface area contributed by atoms with Crippen LogP contribution in [0.25, 0.3) is 11.4 Å². The van der Waals surface area contributed by atoms with Crippen molar-refractivity contribution >= 4 is 23.3 Å². The number of halogens is 2. The van der Waals surface area contributed by atoms with E-state index in [4.69, 9.17) is 20.9 Å². The highest BCUT2D eigenvalue weighted by molar-refractivity contribution is 6.31. The van der Waals surface area contributed by atoms with Crippen LogP contribution in [0.15, 0.2) is 47.0 Å². The van der Waals surface area contributed by atoms with Crippen molar-refractivity contribution in [3.05, 3.63) is 59.2 Å². The van der Waals surface area contributed by atoms with Crippen LogP contribution in [0, 0.1) is 5.82 Å². The Balaban J connectivity index is 1.36. The summed E-state index contributed by atoms with van der Waals surface area (Å²) in [6, 6.07) is 11.3. The Hall–Kier alpha value is -3.13. The number of ether oxygens (including phenoxy) is 1. The Bertz CT molecular complexity index is 1050. The first kappa shape index (κ1) is 20.2. The van der Waals surface area contributed by atoms with Gasteiger partial charge < -0.3 is 19.5 Å². The Morgan fingerprint density at radius 1 is 1.27 bits per heavy atom. The molecule has 1 aliphatic heterocycles. The number of carbonyl (C=O) groups is 1. The number of rotatable bonds is 4. The lowest BCUT2D eigenvalue weighted by molar-refractivity contribution is 0.187. The van der Waals surface area contributed by atoms with E-state index < -0.39 is 5.82 Å². The minimum atomic E-state index is -0.525. The van der Waals surface area contributed by atoms with Crippen LogP contribution < -0.4 is 10.1 Å². The Morgan fingerprint density at radius 2 is 2.07 bits per heavy atom. The van der Waals surface area contributed by atoms with Gasteiger partial charge in [-0.05, 0) is 43.2 Å². The second kappa shape index (κ2) is 8.71. The summed E-state index contributed by atoms with van der Waals surface area (Å²) >= 11 is 5.76. The van der Waals surface area contributed by atoms with Crippen LogP contribution in [0.5, 0.6) is 5.75 Å². The third kappa shape index (κ3) is 4.38. The summed E-state index contributed by atoms with van der Waals surface area (Å²) in [7, 11) is 1.61. The summed E-state index contributed by atoms with van der Waals surface area (Å²) in [4.78, 5) is 18.7. The van der Waals surface area contributed by atoms with E-state index in [-0.39, 0.29) is 17.0 Å². The van der Waals surface area contributed by atoms with Gasteiger partial charge in [0.15, 0.2) is 0 Å². The summed E-state index contributed by atoms with van der Waals surface area (Å²) in [5.74, 6) is 1.36. The van der Waals surface area contributed by atoms with Gasteiger partial charge in [0.1, 0.15) is 11.6 Å². The van der Waals surface area contributed by atoms with Gasteiger partial charge in [-0.15, -0.1) is 0 Å². The largest absolute Gasteiger partial charge is 0.497 e. The average Bonchev–Trinajstić information content (AvgIpc) is 3.27. The maximum absolute atomic E-state index is 13.3. The van der Waals surface area contributed by atoms with Crippen molar-refractivity contribution in [1.82, 2.24) is 15.0 Å². The Labute approximate surface area is 177 Å². The second-order valence-electron chi connectivity index (χ2n) is 7.01. The van der Waals surface area contributed by atoms with Gasteiger partial charge in [0.2, 0.25) is 11.7 Å². The maximum Gasteiger partial charge on any atom is 0.321 e. The number of likely N-dealkylation sites (tertiary alicyclic amines) is 1. The molecule has 30 heavy (non-hydrogen) atoms. The monoisotopic (exact) mass is 430 g/mol. The molecular formula is C21H20ClFN4O3. The van der Waals surface area contributed by atoms with Crippen molar-refractivity contribution in [3.63, 3.8) is 0 Å². The van der Waals surface area contributed by atoms with E-state index in [0.29, 0.717) is 43.3 Å². The van der Waals surface area contributed by atoms with E-state index >= 15 is 0 Å². The van der Waals surface area contributed by atoms with Gasteiger partial charge in [0, 0.05) is 30.3 Å². The van der Waals surface area contributed by atoms with E-state index in [1.165, 1.54) is 18.2 Å². The van der Waals surface area contributed by atoms with Crippen LogP contribution in [0.4, 0.5) is 14.9 Å². The first-order chi connectivity index (χ1) is 14.5. The molecule has 9 heteroatoms. The predicted molar refractivity (Wildman–Crippen MR) is 110 cm³/mol. The Morgan fingerprint density at radius 3 is 2.80 bits per heavy atom. The summed E-state index contributed by atoms with van der Waals surface area (Å²) in [5, 5.41) is 6.80. The van der Waals surface area contributed by atoms with Crippen LogP contribution in [-0.2, 0) is 0 Å². The zero-order valence-corrected chi connectivity index (χ0v) is 17.0. The van der Waals surface area contributed by atoms with Gasteiger partial charge in [-0.3, -0.25) is 0 Å². The number of amides is 2. The van der Waals surface area contributed by atoms with Crippen molar-refractivity contribution in [2.24, 2.45) is 0 Å². The molecule has 1 saturated heterocycles. The zero-order valence-electron chi connectivity index (χ0n) is 16.3. The molecule has 0 aliphatic carbocycles. The number of anilines is 1. The minimum absolute atomic E-state index is 0.0326. The molecule has 2 heterocycles. The number of nitrogens with one attached hydrogen (secondary N) is 1. The van der Waals surface area contributed by atoms with Crippen LogP contribution >= 0.6 is 11.6 Å². The molecule has 2 amide bonds. The number of methoxy groups -OCH3 is 1. The fraction of sp³-hybridized carbons (Fsp3) is 0.286. The highest BCUT2D eigenvalue weighted by atomic mass is 35.5. The molecular weight excluding hydrogens is 411 g/mol. The molecule has 0 atom stereocenters. The van der Waals surface area contributed by atoms with Gasteiger partial charge in [-0.25, -0.2) is 9.18 Å². The third-order valence-electron chi connectivity index (χ3n) is 5.07. The molecule has 1 aliphatic rings. The summed E-state index contributed by atoms with van der Waals surface area (Å²) in [6.07, 6.45) is 1.41. The summed E-state index contributed by atoms with van der Waals surface area (Å²) in [6.45, 7) is 1.09. The third-order valence-corrected chi connectivity index (χ3v) is 5.36. The first-order valence-electron chi connectivity index (χ1n) is 9.52. The van der Waals surface area contributed by atoms with Crippen molar-refractivity contribution in [2.45, 2.75) is 18.8 Å². The molecule has 0 saturated carbocycles. The van der Waals surface area contributed by atoms with E-state index in [1.807, 2.05) is 24.3 Å². The van der Waals surface area contributed by atoms with Gasteiger partial charge in [0.05, 0.1) is 12.1 Å². The van der Waals surface area contributed by atoms with E-state index in [1.54, 1.807) is 12.0 Å². The number of urea groups is 1. The van der Waals surface area contributed by atoms with Crippen molar-refractivity contribution < 1.29 is 18.4 Å². The van der Waals surface area contributed by atoms with Gasteiger partial charge >= 0.3 is 6.03 Å². The van der Waals surface area contributed by atoms with Crippen molar-refractivity contribution in [1.29, 1.82) is 0 Å². The van der Waals surface area contributed by atoms with E-state index in [9.17, 15) is 9.18 Å². The molecule has 3 aromatic rings. The average molecular weight is 431 g/mol.